The number of thiophene rings is 1. The van der Waals surface area contributed by atoms with Gasteiger partial charge in [0.15, 0.2) is 0 Å². The van der Waals surface area contributed by atoms with E-state index in [1.54, 1.807) is 35.5 Å². The van der Waals surface area contributed by atoms with Gasteiger partial charge in [0.2, 0.25) is 0 Å². The van der Waals surface area contributed by atoms with E-state index in [4.69, 9.17) is 0 Å². The Labute approximate surface area is 199 Å². The highest BCUT2D eigenvalue weighted by Gasteiger charge is 2.33. The summed E-state index contributed by atoms with van der Waals surface area (Å²) >= 11 is 1.32. The number of carbonyl (C=O) groups excluding carboxylic acids is 2. The maximum Gasteiger partial charge on any atom is 0.416 e. The summed E-state index contributed by atoms with van der Waals surface area (Å²) in [5, 5.41) is 2.59. The van der Waals surface area contributed by atoms with Crippen molar-refractivity contribution in [1.29, 1.82) is 0 Å². The zero-order chi connectivity index (χ0) is 24.1. The highest BCUT2D eigenvalue weighted by atomic mass is 32.1. The Balaban J connectivity index is 1.28. The third-order valence-electron chi connectivity index (χ3n) is 5.60. The van der Waals surface area contributed by atoms with Gasteiger partial charge in [0.1, 0.15) is 0 Å². The molecule has 178 valence electrons. The number of hydrogen-bond acceptors (Lipinski definition) is 5. The molecule has 4 rings (SSSR count). The molecule has 3 aromatic rings. The molecule has 1 aliphatic heterocycles. The lowest BCUT2D eigenvalue weighted by atomic mass is 10.1. The highest BCUT2D eigenvalue weighted by molar-refractivity contribution is 7.14. The average molecular weight is 489 g/mol. The second-order valence-electron chi connectivity index (χ2n) is 7.91. The first-order valence-electron chi connectivity index (χ1n) is 10.7. The van der Waals surface area contributed by atoms with Gasteiger partial charge in [0, 0.05) is 56.5 Å². The van der Waals surface area contributed by atoms with Crippen LogP contribution in [-0.4, -0.2) is 52.8 Å². The molecule has 6 nitrogen and oxygen atoms in total. The molecule has 1 aliphatic rings. The molecule has 0 spiro atoms. The third-order valence-corrected chi connectivity index (χ3v) is 6.66. The molecule has 34 heavy (non-hydrogen) atoms. The number of carbonyl (C=O) groups is 2. The molecule has 0 bridgehead atoms. The molecule has 10 heteroatoms. The van der Waals surface area contributed by atoms with Crippen molar-refractivity contribution in [3.8, 4) is 0 Å². The second-order valence-corrected chi connectivity index (χ2v) is 9.08. The van der Waals surface area contributed by atoms with Gasteiger partial charge >= 0.3 is 6.18 Å². The van der Waals surface area contributed by atoms with Gasteiger partial charge < -0.3 is 10.2 Å². The molecular weight excluding hydrogens is 465 g/mol. The number of rotatable bonds is 6. The minimum absolute atomic E-state index is 0.0267. The van der Waals surface area contributed by atoms with Crippen LogP contribution in [0.5, 0.6) is 0 Å². The Bertz CT molecular complexity index is 1140. The van der Waals surface area contributed by atoms with Crippen LogP contribution in [0.25, 0.3) is 0 Å². The molecule has 1 saturated heterocycles. The van der Waals surface area contributed by atoms with Crippen molar-refractivity contribution in [1.82, 2.24) is 20.1 Å². The molecule has 1 aromatic carbocycles. The van der Waals surface area contributed by atoms with E-state index in [1.165, 1.54) is 29.5 Å². The molecule has 1 fully saturated rings. The van der Waals surface area contributed by atoms with Crippen LogP contribution in [0.15, 0.2) is 60.9 Å². The van der Waals surface area contributed by atoms with E-state index < -0.39 is 17.6 Å². The first-order valence-corrected chi connectivity index (χ1v) is 11.6. The number of pyridine rings is 1. The molecule has 0 radical (unpaired) electrons. The molecular formula is C24H23F3N4O2S. The lowest BCUT2D eigenvalue weighted by Crippen LogP contribution is -2.48. The molecule has 0 saturated carbocycles. The molecule has 2 amide bonds. The maximum absolute atomic E-state index is 13.1. The maximum atomic E-state index is 13.1. The summed E-state index contributed by atoms with van der Waals surface area (Å²) in [4.78, 5) is 34.5. The van der Waals surface area contributed by atoms with E-state index >= 15 is 0 Å². The molecule has 0 atom stereocenters. The van der Waals surface area contributed by atoms with Gasteiger partial charge in [0.25, 0.3) is 11.8 Å². The summed E-state index contributed by atoms with van der Waals surface area (Å²) in [7, 11) is 0. The Hall–Kier alpha value is -3.24. The number of alkyl halides is 3. The van der Waals surface area contributed by atoms with Crippen LogP contribution < -0.4 is 5.32 Å². The fraction of sp³-hybridized carbons (Fsp3) is 0.292. The molecule has 3 heterocycles. The van der Waals surface area contributed by atoms with E-state index in [-0.39, 0.29) is 18.0 Å². The summed E-state index contributed by atoms with van der Waals surface area (Å²) in [6.07, 6.45) is -1.27. The lowest BCUT2D eigenvalue weighted by molar-refractivity contribution is -0.138. The van der Waals surface area contributed by atoms with Crippen molar-refractivity contribution in [3.63, 3.8) is 0 Å². The smallest absolute Gasteiger partial charge is 0.347 e. The number of halogens is 3. The van der Waals surface area contributed by atoms with E-state index in [0.717, 1.165) is 10.9 Å². The normalized spacial score (nSPS) is 14.7. The number of nitrogens with zero attached hydrogens (tertiary/aromatic N) is 3. The van der Waals surface area contributed by atoms with Gasteiger partial charge in [-0.25, -0.2) is 0 Å². The molecule has 0 aliphatic carbocycles. The largest absolute Gasteiger partial charge is 0.416 e. The van der Waals surface area contributed by atoms with E-state index in [0.29, 0.717) is 43.2 Å². The van der Waals surface area contributed by atoms with Gasteiger partial charge in [-0.05, 0) is 35.9 Å². The Morgan fingerprint density at radius 3 is 2.47 bits per heavy atom. The molecule has 0 unspecified atom stereocenters. The minimum atomic E-state index is -4.47. The topological polar surface area (TPSA) is 65.5 Å². The first-order chi connectivity index (χ1) is 16.3. The summed E-state index contributed by atoms with van der Waals surface area (Å²) < 4.78 is 39.4. The minimum Gasteiger partial charge on any atom is -0.347 e. The van der Waals surface area contributed by atoms with Gasteiger partial charge in [-0.2, -0.15) is 13.2 Å². The van der Waals surface area contributed by atoms with E-state index in [1.807, 2.05) is 6.07 Å². The van der Waals surface area contributed by atoms with Gasteiger partial charge in [-0.1, -0.05) is 18.2 Å². The van der Waals surface area contributed by atoms with Crippen molar-refractivity contribution in [2.75, 3.05) is 26.2 Å². The standard InChI is InChI=1S/C24H23F3N4O2S/c25-24(26,27)20-6-2-1-4-17(20)15-29-22(32)21-8-7-19(34-21)16-30-10-12-31(13-11-30)23(33)18-5-3-9-28-14-18/h1-9,14H,10-13,15-16H2,(H,29,32). The van der Waals surface area contributed by atoms with Crippen LogP contribution in [0.4, 0.5) is 13.2 Å². The van der Waals surface area contributed by atoms with Crippen LogP contribution in [0.3, 0.4) is 0 Å². The van der Waals surface area contributed by atoms with Gasteiger partial charge in [-0.3, -0.25) is 19.5 Å². The first kappa shape index (κ1) is 23.9. The van der Waals surface area contributed by atoms with Crippen molar-refractivity contribution >= 4 is 23.2 Å². The van der Waals surface area contributed by atoms with Crippen LogP contribution >= 0.6 is 11.3 Å². The quantitative estimate of drug-likeness (QED) is 0.569. The van der Waals surface area contributed by atoms with E-state index in [2.05, 4.69) is 15.2 Å². The van der Waals surface area contributed by atoms with Crippen LogP contribution in [0.1, 0.15) is 36.0 Å². The fourth-order valence-electron chi connectivity index (χ4n) is 3.80. The predicted octanol–water partition coefficient (Wildman–Crippen LogP) is 4.05. The van der Waals surface area contributed by atoms with Crippen molar-refractivity contribution < 1.29 is 22.8 Å². The predicted molar refractivity (Wildman–Crippen MR) is 122 cm³/mol. The SMILES string of the molecule is O=C(NCc1ccccc1C(F)(F)F)c1ccc(CN2CCN(C(=O)c3cccnc3)CC2)s1. The number of hydrogen-bond donors (Lipinski definition) is 1. The van der Waals surface area contributed by atoms with Crippen LogP contribution in [0, 0.1) is 0 Å². The number of piperazine rings is 1. The zero-order valence-electron chi connectivity index (χ0n) is 18.2. The Morgan fingerprint density at radius 1 is 1.00 bits per heavy atom. The van der Waals surface area contributed by atoms with Crippen molar-refractivity contribution in [2.24, 2.45) is 0 Å². The van der Waals surface area contributed by atoms with Gasteiger partial charge in [-0.15, -0.1) is 11.3 Å². The van der Waals surface area contributed by atoms with Crippen molar-refractivity contribution in [2.45, 2.75) is 19.3 Å². The summed E-state index contributed by atoms with van der Waals surface area (Å²) in [6.45, 7) is 3.06. The number of amides is 2. The summed E-state index contributed by atoms with van der Waals surface area (Å²) in [5.41, 5.74) is -0.148. The number of nitrogens with one attached hydrogen (secondary N) is 1. The fourth-order valence-corrected chi connectivity index (χ4v) is 4.77. The van der Waals surface area contributed by atoms with Crippen molar-refractivity contribution in [3.05, 3.63) is 87.4 Å². The highest BCUT2D eigenvalue weighted by Crippen LogP contribution is 2.31. The Kier molecular flexibility index (Phi) is 7.28. The molecule has 2 aromatic heterocycles. The van der Waals surface area contributed by atoms with Gasteiger partial charge in [0.05, 0.1) is 16.0 Å². The van der Waals surface area contributed by atoms with E-state index in [9.17, 15) is 22.8 Å². The summed E-state index contributed by atoms with van der Waals surface area (Å²) in [6, 6.07) is 12.3. The average Bonchev–Trinajstić information content (AvgIpc) is 3.31. The zero-order valence-corrected chi connectivity index (χ0v) is 19.0. The number of aromatic nitrogens is 1. The van der Waals surface area contributed by atoms with Crippen LogP contribution in [-0.2, 0) is 19.3 Å². The lowest BCUT2D eigenvalue weighted by Gasteiger charge is -2.34. The van der Waals surface area contributed by atoms with Crippen LogP contribution in [0.2, 0.25) is 0 Å². The molecule has 1 N–H and O–H groups in total. The monoisotopic (exact) mass is 488 g/mol. The second kappa shape index (κ2) is 10.4. The number of benzene rings is 1. The third kappa shape index (κ3) is 5.81. The summed E-state index contributed by atoms with van der Waals surface area (Å²) in [5.74, 6) is -0.435. The Morgan fingerprint density at radius 2 is 1.76 bits per heavy atom.